The summed E-state index contributed by atoms with van der Waals surface area (Å²) in [5.74, 6) is 1.19. The molecule has 0 spiro atoms. The normalized spacial score (nSPS) is 24.7. The first-order valence-electron chi connectivity index (χ1n) is 7.81. The number of pyridine rings is 1. The summed E-state index contributed by atoms with van der Waals surface area (Å²) in [7, 11) is 0. The van der Waals surface area contributed by atoms with Crippen LogP contribution in [0.3, 0.4) is 0 Å². The van der Waals surface area contributed by atoms with E-state index in [1.165, 1.54) is 19.3 Å². The van der Waals surface area contributed by atoms with Crippen LogP contribution in [0.4, 0.5) is 0 Å². The van der Waals surface area contributed by atoms with Crippen LogP contribution in [-0.2, 0) is 0 Å². The largest absolute Gasteiger partial charge is 0.388 e. The second-order valence-electron chi connectivity index (χ2n) is 6.06. The maximum absolute atomic E-state index is 10.8. The van der Waals surface area contributed by atoms with Gasteiger partial charge in [-0.2, -0.15) is 0 Å². The number of nitrogens with zero attached hydrogens (tertiary/aromatic N) is 1. The predicted molar refractivity (Wildman–Crippen MR) is 82.4 cm³/mol. The molecule has 3 rings (SSSR count). The number of hydrogen-bond acceptors (Lipinski definition) is 2. The van der Waals surface area contributed by atoms with Gasteiger partial charge in [0.2, 0.25) is 0 Å². The van der Waals surface area contributed by atoms with Crippen LogP contribution in [0.1, 0.15) is 50.7 Å². The minimum Gasteiger partial charge on any atom is -0.388 e. The Morgan fingerprint density at radius 3 is 2.95 bits per heavy atom. The maximum atomic E-state index is 10.8. The van der Waals surface area contributed by atoms with Crippen LogP contribution in [-0.4, -0.2) is 10.1 Å². The van der Waals surface area contributed by atoms with E-state index in [9.17, 15) is 5.11 Å². The summed E-state index contributed by atoms with van der Waals surface area (Å²) in [6.45, 7) is 2.27. The van der Waals surface area contributed by atoms with E-state index in [2.05, 4.69) is 18.0 Å². The fourth-order valence-electron chi connectivity index (χ4n) is 3.62. The van der Waals surface area contributed by atoms with E-state index in [0.29, 0.717) is 5.92 Å². The van der Waals surface area contributed by atoms with E-state index in [1.807, 2.05) is 30.5 Å². The van der Waals surface area contributed by atoms with Crippen molar-refractivity contribution in [2.45, 2.75) is 45.1 Å². The zero-order valence-electron chi connectivity index (χ0n) is 12.1. The molecule has 1 saturated carbocycles. The molecule has 2 nitrogen and oxygen atoms in total. The lowest BCUT2D eigenvalue weighted by atomic mass is 9.76. The van der Waals surface area contributed by atoms with Gasteiger partial charge in [0.25, 0.3) is 0 Å². The van der Waals surface area contributed by atoms with Crippen LogP contribution >= 0.6 is 0 Å². The topological polar surface area (TPSA) is 33.1 Å². The molecule has 1 aliphatic rings. The van der Waals surface area contributed by atoms with Crippen molar-refractivity contribution in [3.05, 3.63) is 42.1 Å². The summed E-state index contributed by atoms with van der Waals surface area (Å²) in [5, 5.41) is 11.9. The molecule has 3 atom stereocenters. The molecule has 1 heterocycles. The molecule has 1 fully saturated rings. The number of fused-ring (bicyclic) bond motifs is 1. The van der Waals surface area contributed by atoms with Gasteiger partial charge in [0, 0.05) is 11.6 Å². The van der Waals surface area contributed by atoms with E-state index in [4.69, 9.17) is 0 Å². The molecule has 0 amide bonds. The van der Waals surface area contributed by atoms with Gasteiger partial charge in [0.1, 0.15) is 0 Å². The van der Waals surface area contributed by atoms with E-state index in [0.717, 1.165) is 35.2 Å². The lowest BCUT2D eigenvalue weighted by Gasteiger charge is -2.32. The number of benzene rings is 1. The maximum Gasteiger partial charge on any atom is 0.0825 e. The molecule has 0 saturated heterocycles. The van der Waals surface area contributed by atoms with Crippen LogP contribution in [0.5, 0.6) is 0 Å². The second-order valence-corrected chi connectivity index (χ2v) is 6.06. The van der Waals surface area contributed by atoms with Gasteiger partial charge in [-0.05, 0) is 42.4 Å². The van der Waals surface area contributed by atoms with Crippen molar-refractivity contribution in [1.82, 2.24) is 4.98 Å². The molecule has 0 radical (unpaired) electrons. The van der Waals surface area contributed by atoms with Crippen molar-refractivity contribution in [2.24, 2.45) is 11.8 Å². The summed E-state index contributed by atoms with van der Waals surface area (Å²) in [6.07, 6.45) is 7.60. The Balaban J connectivity index is 1.90. The molecule has 1 aliphatic carbocycles. The first kappa shape index (κ1) is 13.6. The molecule has 2 aromatic rings. The van der Waals surface area contributed by atoms with Gasteiger partial charge in [-0.25, -0.2) is 0 Å². The molecule has 20 heavy (non-hydrogen) atoms. The lowest BCUT2D eigenvalue weighted by Crippen LogP contribution is -2.21. The SMILES string of the molecule is CCC1CCCC(C(O)c2ccnc3ccccc23)C1. The number of aliphatic hydroxyl groups is 1. The standard InChI is InChI=1S/C18H23NO/c1-2-13-6-5-7-14(12-13)18(20)16-10-11-19-17-9-4-3-8-15(16)17/h3-4,8-11,13-14,18,20H,2,5-7,12H2,1H3. The molecular formula is C18H23NO. The Morgan fingerprint density at radius 1 is 1.25 bits per heavy atom. The van der Waals surface area contributed by atoms with E-state index in [-0.39, 0.29) is 6.10 Å². The first-order chi connectivity index (χ1) is 9.79. The molecule has 3 unspecified atom stereocenters. The number of para-hydroxylation sites is 1. The molecule has 1 N–H and O–H groups in total. The third-order valence-corrected chi connectivity index (χ3v) is 4.85. The van der Waals surface area contributed by atoms with Gasteiger partial charge in [-0.3, -0.25) is 4.98 Å². The number of aromatic nitrogens is 1. The van der Waals surface area contributed by atoms with Crippen molar-refractivity contribution in [3.63, 3.8) is 0 Å². The van der Waals surface area contributed by atoms with Gasteiger partial charge in [-0.1, -0.05) is 44.4 Å². The Bertz CT molecular complexity index is 575. The Labute approximate surface area is 120 Å². The third-order valence-electron chi connectivity index (χ3n) is 4.85. The van der Waals surface area contributed by atoms with Crippen LogP contribution < -0.4 is 0 Å². The monoisotopic (exact) mass is 269 g/mol. The zero-order valence-corrected chi connectivity index (χ0v) is 12.1. The van der Waals surface area contributed by atoms with Crippen LogP contribution in [0.2, 0.25) is 0 Å². The average Bonchev–Trinajstić information content (AvgIpc) is 2.53. The lowest BCUT2D eigenvalue weighted by molar-refractivity contribution is 0.0688. The molecule has 1 aromatic carbocycles. The van der Waals surface area contributed by atoms with Crippen molar-refractivity contribution in [3.8, 4) is 0 Å². The summed E-state index contributed by atoms with van der Waals surface area (Å²) < 4.78 is 0. The fraction of sp³-hybridized carbons (Fsp3) is 0.500. The van der Waals surface area contributed by atoms with Gasteiger partial charge < -0.3 is 5.11 Å². The van der Waals surface area contributed by atoms with Gasteiger partial charge in [0.15, 0.2) is 0 Å². The van der Waals surface area contributed by atoms with Crippen molar-refractivity contribution < 1.29 is 5.11 Å². The van der Waals surface area contributed by atoms with E-state index < -0.39 is 0 Å². The van der Waals surface area contributed by atoms with Crippen molar-refractivity contribution in [1.29, 1.82) is 0 Å². The van der Waals surface area contributed by atoms with E-state index in [1.54, 1.807) is 0 Å². The minimum atomic E-state index is -0.350. The van der Waals surface area contributed by atoms with Gasteiger partial charge >= 0.3 is 0 Å². The molecule has 1 aromatic heterocycles. The smallest absolute Gasteiger partial charge is 0.0825 e. The zero-order chi connectivity index (χ0) is 13.9. The van der Waals surface area contributed by atoms with Crippen LogP contribution in [0.25, 0.3) is 10.9 Å². The highest BCUT2D eigenvalue weighted by atomic mass is 16.3. The Kier molecular flexibility index (Phi) is 4.02. The summed E-state index contributed by atoms with van der Waals surface area (Å²) in [6, 6.07) is 10.1. The quantitative estimate of drug-likeness (QED) is 0.891. The molecule has 0 aliphatic heterocycles. The predicted octanol–water partition coefficient (Wildman–Crippen LogP) is 4.48. The highest BCUT2D eigenvalue weighted by Crippen LogP contribution is 2.39. The Morgan fingerprint density at radius 2 is 2.10 bits per heavy atom. The van der Waals surface area contributed by atoms with Crippen molar-refractivity contribution >= 4 is 10.9 Å². The van der Waals surface area contributed by atoms with Crippen molar-refractivity contribution in [2.75, 3.05) is 0 Å². The third kappa shape index (κ3) is 2.57. The number of rotatable bonds is 3. The van der Waals surface area contributed by atoms with Crippen LogP contribution in [0, 0.1) is 11.8 Å². The number of hydrogen-bond donors (Lipinski definition) is 1. The first-order valence-corrected chi connectivity index (χ1v) is 7.81. The van der Waals surface area contributed by atoms with Gasteiger partial charge in [0.05, 0.1) is 11.6 Å². The molecule has 106 valence electrons. The average molecular weight is 269 g/mol. The molecular weight excluding hydrogens is 246 g/mol. The minimum absolute atomic E-state index is 0.350. The Hall–Kier alpha value is -1.41. The highest BCUT2D eigenvalue weighted by Gasteiger charge is 2.28. The molecule has 2 heteroatoms. The summed E-state index contributed by atoms with van der Waals surface area (Å²) in [4.78, 5) is 4.39. The second kappa shape index (κ2) is 5.92. The van der Waals surface area contributed by atoms with Gasteiger partial charge in [-0.15, -0.1) is 0 Å². The summed E-state index contributed by atoms with van der Waals surface area (Å²) >= 11 is 0. The highest BCUT2D eigenvalue weighted by molar-refractivity contribution is 5.82. The number of aliphatic hydroxyl groups excluding tert-OH is 1. The molecule has 0 bridgehead atoms. The summed E-state index contributed by atoms with van der Waals surface area (Å²) in [5.41, 5.74) is 2.03. The van der Waals surface area contributed by atoms with Crippen LogP contribution in [0.15, 0.2) is 36.5 Å². The van der Waals surface area contributed by atoms with E-state index >= 15 is 0 Å². The fourth-order valence-corrected chi connectivity index (χ4v) is 3.62.